The lowest BCUT2D eigenvalue weighted by Crippen LogP contribution is -2.43. The maximum Gasteiger partial charge on any atom is 0.305 e. The van der Waals surface area contributed by atoms with Gasteiger partial charge in [0, 0.05) is 6.42 Å². The third-order valence-electron chi connectivity index (χ3n) is 5.37. The van der Waals surface area contributed by atoms with E-state index >= 15 is 0 Å². The Bertz CT molecular complexity index is 359. The molecule has 0 aliphatic heterocycles. The molecule has 0 unspecified atom stereocenters. The molecule has 0 N–H and O–H groups in total. The molecular formula is C24H49BrNO2+. The van der Waals surface area contributed by atoms with Gasteiger partial charge in [0.05, 0.1) is 20.6 Å². The number of halogens is 1. The molecule has 28 heavy (non-hydrogen) atoms. The fourth-order valence-electron chi connectivity index (χ4n) is 3.35. The number of quaternary nitrogens is 1. The quantitative estimate of drug-likeness (QED) is 0.0823. The highest BCUT2D eigenvalue weighted by Crippen LogP contribution is 2.11. The fourth-order valence-corrected chi connectivity index (χ4v) is 3.35. The van der Waals surface area contributed by atoms with E-state index in [1.807, 2.05) is 6.08 Å². The molecule has 0 amide bonds. The highest BCUT2D eigenvalue weighted by molar-refractivity contribution is 8.93. The number of nitrogens with zero attached hydrogens (tertiary/aromatic N) is 1. The molecule has 0 aliphatic carbocycles. The van der Waals surface area contributed by atoms with Gasteiger partial charge in [0.15, 0.2) is 0 Å². The van der Waals surface area contributed by atoms with E-state index < -0.39 is 0 Å². The minimum Gasteiger partial charge on any atom is -0.460 e. The summed E-state index contributed by atoms with van der Waals surface area (Å²) in [6, 6.07) is 0. The van der Waals surface area contributed by atoms with Gasteiger partial charge in [-0.25, -0.2) is 0 Å². The van der Waals surface area contributed by atoms with Crippen LogP contribution in [0.5, 0.6) is 0 Å². The SMILES string of the molecule is Br.C=CCCCCCCCCC(=O)OCC[N+](C)(C)CCCCCCCCC. The van der Waals surface area contributed by atoms with E-state index in [0.29, 0.717) is 13.0 Å². The molecule has 0 spiro atoms. The van der Waals surface area contributed by atoms with Crippen LogP contribution in [-0.4, -0.2) is 44.2 Å². The molecule has 0 aliphatic rings. The normalized spacial score (nSPS) is 11.1. The van der Waals surface area contributed by atoms with Crippen LogP contribution in [0, 0.1) is 0 Å². The number of ether oxygens (including phenoxy) is 1. The number of hydrogen-bond donors (Lipinski definition) is 0. The van der Waals surface area contributed by atoms with Crippen LogP contribution in [0.1, 0.15) is 103 Å². The molecule has 0 rings (SSSR count). The van der Waals surface area contributed by atoms with Crippen molar-refractivity contribution in [1.29, 1.82) is 0 Å². The van der Waals surface area contributed by atoms with Crippen molar-refractivity contribution in [2.24, 2.45) is 0 Å². The summed E-state index contributed by atoms with van der Waals surface area (Å²) >= 11 is 0. The Labute approximate surface area is 186 Å². The number of allylic oxidation sites excluding steroid dienone is 1. The van der Waals surface area contributed by atoms with Crippen LogP contribution < -0.4 is 0 Å². The molecular weight excluding hydrogens is 414 g/mol. The Morgan fingerprint density at radius 1 is 0.821 bits per heavy atom. The summed E-state index contributed by atoms with van der Waals surface area (Å²) in [5.74, 6) is -0.0161. The number of esters is 1. The monoisotopic (exact) mass is 462 g/mol. The van der Waals surface area contributed by atoms with Gasteiger partial charge in [0.2, 0.25) is 0 Å². The highest BCUT2D eigenvalue weighted by Gasteiger charge is 2.15. The van der Waals surface area contributed by atoms with Crippen molar-refractivity contribution < 1.29 is 14.0 Å². The van der Waals surface area contributed by atoms with Crippen molar-refractivity contribution >= 4 is 23.0 Å². The van der Waals surface area contributed by atoms with Crippen LogP contribution in [0.15, 0.2) is 12.7 Å². The first-order valence-corrected chi connectivity index (χ1v) is 11.6. The summed E-state index contributed by atoms with van der Waals surface area (Å²) in [6.07, 6.45) is 20.3. The Hall–Kier alpha value is -0.350. The predicted molar refractivity (Wildman–Crippen MR) is 128 cm³/mol. The van der Waals surface area contributed by atoms with Gasteiger partial charge in [-0.15, -0.1) is 23.6 Å². The molecule has 3 nitrogen and oxygen atoms in total. The number of rotatable bonds is 20. The Morgan fingerprint density at radius 3 is 1.96 bits per heavy atom. The third kappa shape index (κ3) is 21.9. The average molecular weight is 464 g/mol. The first kappa shape index (κ1) is 29.8. The minimum absolute atomic E-state index is 0. The van der Waals surface area contributed by atoms with Gasteiger partial charge < -0.3 is 9.22 Å². The van der Waals surface area contributed by atoms with E-state index in [4.69, 9.17) is 4.74 Å². The van der Waals surface area contributed by atoms with Gasteiger partial charge in [0.1, 0.15) is 13.2 Å². The zero-order chi connectivity index (χ0) is 20.2. The molecule has 0 fully saturated rings. The third-order valence-corrected chi connectivity index (χ3v) is 5.37. The van der Waals surface area contributed by atoms with Crippen LogP contribution in [0.4, 0.5) is 0 Å². The smallest absolute Gasteiger partial charge is 0.305 e. The predicted octanol–water partition coefficient (Wildman–Crippen LogP) is 7.24. The van der Waals surface area contributed by atoms with Gasteiger partial charge in [-0.1, -0.05) is 70.8 Å². The summed E-state index contributed by atoms with van der Waals surface area (Å²) in [5, 5.41) is 0. The zero-order valence-electron chi connectivity index (χ0n) is 19.2. The van der Waals surface area contributed by atoms with Crippen LogP contribution in [-0.2, 0) is 9.53 Å². The molecule has 0 radical (unpaired) electrons. The number of carbonyl (C=O) groups is 1. The van der Waals surface area contributed by atoms with E-state index in [9.17, 15) is 4.79 Å². The standard InChI is InChI=1S/C24H48NO2.BrH/c1-5-7-9-11-13-14-16-18-20-24(26)27-23-22-25(3,4)21-19-17-15-12-10-8-6-2;/h5H,1,6-23H2,2-4H3;1H/q+1;. The van der Waals surface area contributed by atoms with Crippen LogP contribution in [0.2, 0.25) is 0 Å². The summed E-state index contributed by atoms with van der Waals surface area (Å²) in [5.41, 5.74) is 0. The fraction of sp³-hybridized carbons (Fsp3) is 0.875. The number of likely N-dealkylation sites (N-methyl/N-ethyl adjacent to an activating group) is 1. The van der Waals surface area contributed by atoms with Crippen LogP contribution in [0.3, 0.4) is 0 Å². The van der Waals surface area contributed by atoms with Crippen molar-refractivity contribution in [2.75, 3.05) is 33.8 Å². The van der Waals surface area contributed by atoms with Gasteiger partial charge in [-0.3, -0.25) is 4.79 Å². The van der Waals surface area contributed by atoms with Gasteiger partial charge >= 0.3 is 5.97 Å². The molecule has 0 aromatic rings. The molecule has 0 aromatic carbocycles. The average Bonchev–Trinajstić information content (AvgIpc) is 2.63. The minimum atomic E-state index is -0.0161. The Balaban J connectivity index is 0. The second-order valence-corrected chi connectivity index (χ2v) is 8.67. The molecule has 0 aromatic heterocycles. The van der Waals surface area contributed by atoms with Gasteiger partial charge in [-0.2, -0.15) is 0 Å². The number of hydrogen-bond acceptors (Lipinski definition) is 2. The summed E-state index contributed by atoms with van der Waals surface area (Å²) < 4.78 is 6.40. The lowest BCUT2D eigenvalue weighted by Gasteiger charge is -2.29. The van der Waals surface area contributed by atoms with E-state index in [-0.39, 0.29) is 23.0 Å². The van der Waals surface area contributed by atoms with E-state index in [1.54, 1.807) is 0 Å². The molecule has 0 saturated carbocycles. The van der Waals surface area contributed by atoms with Gasteiger partial charge in [0.25, 0.3) is 0 Å². The largest absolute Gasteiger partial charge is 0.460 e. The van der Waals surface area contributed by atoms with Crippen LogP contribution in [0.25, 0.3) is 0 Å². The Kier molecular flexibility index (Phi) is 22.8. The van der Waals surface area contributed by atoms with Crippen molar-refractivity contribution in [1.82, 2.24) is 0 Å². The maximum absolute atomic E-state index is 11.8. The van der Waals surface area contributed by atoms with Crippen molar-refractivity contribution in [3.05, 3.63) is 12.7 Å². The molecule has 0 atom stereocenters. The van der Waals surface area contributed by atoms with Gasteiger partial charge in [-0.05, 0) is 32.1 Å². The lowest BCUT2D eigenvalue weighted by molar-refractivity contribution is -0.890. The van der Waals surface area contributed by atoms with E-state index in [0.717, 1.165) is 30.3 Å². The molecule has 4 heteroatoms. The molecule has 0 heterocycles. The van der Waals surface area contributed by atoms with Crippen molar-refractivity contribution in [3.8, 4) is 0 Å². The number of carbonyl (C=O) groups excluding carboxylic acids is 1. The second-order valence-electron chi connectivity index (χ2n) is 8.67. The first-order valence-electron chi connectivity index (χ1n) is 11.6. The molecule has 0 bridgehead atoms. The molecule has 0 saturated heterocycles. The first-order chi connectivity index (χ1) is 13.0. The summed E-state index contributed by atoms with van der Waals surface area (Å²) in [7, 11) is 4.49. The van der Waals surface area contributed by atoms with E-state index in [1.165, 1.54) is 77.2 Å². The zero-order valence-corrected chi connectivity index (χ0v) is 20.9. The van der Waals surface area contributed by atoms with Crippen LogP contribution >= 0.6 is 17.0 Å². The van der Waals surface area contributed by atoms with Crippen molar-refractivity contribution in [3.63, 3.8) is 0 Å². The Morgan fingerprint density at radius 2 is 1.36 bits per heavy atom. The molecule has 168 valence electrons. The highest BCUT2D eigenvalue weighted by atomic mass is 79.9. The van der Waals surface area contributed by atoms with Crippen molar-refractivity contribution in [2.45, 2.75) is 103 Å². The van der Waals surface area contributed by atoms with E-state index in [2.05, 4.69) is 27.6 Å². The second kappa shape index (κ2) is 21.4. The lowest BCUT2D eigenvalue weighted by atomic mass is 10.1. The summed E-state index contributed by atoms with van der Waals surface area (Å²) in [4.78, 5) is 11.8. The topological polar surface area (TPSA) is 26.3 Å². The maximum atomic E-state index is 11.8. The summed E-state index contributed by atoms with van der Waals surface area (Å²) in [6.45, 7) is 8.67. The number of unbranched alkanes of at least 4 members (excludes halogenated alkanes) is 12.